The molecular formula is C10H12F3N3. The predicted molar refractivity (Wildman–Crippen MR) is 50.9 cm³/mol. The molecule has 0 saturated carbocycles. The van der Waals surface area contributed by atoms with Crippen LogP contribution in [0.3, 0.4) is 0 Å². The van der Waals surface area contributed by atoms with Crippen LogP contribution in [-0.2, 0) is 6.18 Å². The second-order valence-corrected chi connectivity index (χ2v) is 4.57. The van der Waals surface area contributed by atoms with Crippen molar-refractivity contribution >= 4 is 0 Å². The minimum Gasteiger partial charge on any atom is -0.338 e. The lowest BCUT2D eigenvalue weighted by Gasteiger charge is -2.17. The monoisotopic (exact) mass is 231 g/mol. The average molecular weight is 231 g/mol. The first-order valence-electron chi connectivity index (χ1n) is 5.42. The van der Waals surface area contributed by atoms with Gasteiger partial charge in [0.25, 0.3) is 0 Å². The molecule has 3 unspecified atom stereocenters. The zero-order chi connectivity index (χ0) is 11.3. The molecule has 88 valence electrons. The maximum atomic E-state index is 12.4. The molecule has 2 aliphatic heterocycles. The average Bonchev–Trinajstić information content (AvgIpc) is 2.92. The van der Waals surface area contributed by atoms with Gasteiger partial charge < -0.3 is 10.3 Å². The molecule has 0 aliphatic carbocycles. The molecule has 16 heavy (non-hydrogen) atoms. The Hall–Kier alpha value is -1.04. The third-order valence-electron chi connectivity index (χ3n) is 3.55. The van der Waals surface area contributed by atoms with Gasteiger partial charge in [0.2, 0.25) is 0 Å². The molecule has 0 aromatic carbocycles. The van der Waals surface area contributed by atoms with Gasteiger partial charge in [-0.05, 0) is 19.3 Å². The van der Waals surface area contributed by atoms with Crippen molar-refractivity contribution in [2.75, 3.05) is 0 Å². The molecule has 2 N–H and O–H groups in total. The lowest BCUT2D eigenvalue weighted by molar-refractivity contribution is -0.141. The summed E-state index contributed by atoms with van der Waals surface area (Å²) in [7, 11) is 0. The van der Waals surface area contributed by atoms with Gasteiger partial charge in [-0.15, -0.1) is 0 Å². The van der Waals surface area contributed by atoms with Crippen LogP contribution in [0.2, 0.25) is 0 Å². The Morgan fingerprint density at radius 3 is 2.62 bits per heavy atom. The molecule has 1 aromatic rings. The summed E-state index contributed by atoms with van der Waals surface area (Å²) < 4.78 is 37.2. The van der Waals surface area contributed by atoms with Crippen LogP contribution < -0.4 is 5.32 Å². The quantitative estimate of drug-likeness (QED) is 0.776. The summed E-state index contributed by atoms with van der Waals surface area (Å²) in [4.78, 5) is 6.27. The minimum atomic E-state index is -4.32. The second-order valence-electron chi connectivity index (χ2n) is 4.57. The van der Waals surface area contributed by atoms with Gasteiger partial charge in [-0.1, -0.05) is 0 Å². The fourth-order valence-corrected chi connectivity index (χ4v) is 2.80. The molecule has 1 aromatic heterocycles. The first-order valence-corrected chi connectivity index (χ1v) is 5.42. The highest BCUT2D eigenvalue weighted by molar-refractivity contribution is 5.15. The molecule has 2 fully saturated rings. The standard InChI is InChI=1S/C10H12F3N3/c11-10(12,13)8-4-14-9(16-8)6-3-5-1-2-7(6)15-5/h4-7,15H,1-3H2,(H,14,16). The van der Waals surface area contributed by atoms with Crippen LogP contribution >= 0.6 is 0 Å². The van der Waals surface area contributed by atoms with Crippen molar-refractivity contribution in [3.8, 4) is 0 Å². The Morgan fingerprint density at radius 2 is 2.12 bits per heavy atom. The molecule has 3 nitrogen and oxygen atoms in total. The SMILES string of the molecule is FC(F)(F)c1cnc(C2CC3CCC2N3)[nH]1. The predicted octanol–water partition coefficient (Wildman–Crippen LogP) is 2.04. The van der Waals surface area contributed by atoms with E-state index in [9.17, 15) is 13.2 Å². The molecule has 6 heteroatoms. The van der Waals surface area contributed by atoms with Gasteiger partial charge in [0.15, 0.2) is 0 Å². The zero-order valence-electron chi connectivity index (χ0n) is 8.51. The molecule has 0 amide bonds. The normalized spacial score (nSPS) is 33.6. The van der Waals surface area contributed by atoms with Crippen molar-refractivity contribution in [3.05, 3.63) is 17.7 Å². The summed E-state index contributed by atoms with van der Waals surface area (Å²) in [6.45, 7) is 0. The molecule has 0 radical (unpaired) electrons. The van der Waals surface area contributed by atoms with E-state index >= 15 is 0 Å². The van der Waals surface area contributed by atoms with Crippen LogP contribution in [0, 0.1) is 0 Å². The highest BCUT2D eigenvalue weighted by atomic mass is 19.4. The molecule has 2 bridgehead atoms. The zero-order valence-corrected chi connectivity index (χ0v) is 8.51. The van der Waals surface area contributed by atoms with Gasteiger partial charge in [-0.25, -0.2) is 4.98 Å². The van der Waals surface area contributed by atoms with E-state index in [1.54, 1.807) is 0 Å². The Labute approximate surface area is 90.4 Å². The van der Waals surface area contributed by atoms with Gasteiger partial charge in [0.1, 0.15) is 11.5 Å². The van der Waals surface area contributed by atoms with E-state index in [0.717, 1.165) is 25.5 Å². The molecule has 3 heterocycles. The Kier molecular flexibility index (Phi) is 2.04. The second kappa shape index (κ2) is 3.23. The fraction of sp³-hybridized carbons (Fsp3) is 0.700. The number of H-pyrrole nitrogens is 1. The molecule has 3 rings (SSSR count). The van der Waals surface area contributed by atoms with E-state index in [0.29, 0.717) is 17.9 Å². The number of fused-ring (bicyclic) bond motifs is 2. The molecule has 2 aliphatic rings. The topological polar surface area (TPSA) is 40.7 Å². The number of nitrogens with one attached hydrogen (secondary N) is 2. The van der Waals surface area contributed by atoms with E-state index in [-0.39, 0.29) is 5.92 Å². The smallest absolute Gasteiger partial charge is 0.338 e. The fourth-order valence-electron chi connectivity index (χ4n) is 2.80. The van der Waals surface area contributed by atoms with Gasteiger partial charge in [-0.2, -0.15) is 13.2 Å². The van der Waals surface area contributed by atoms with Crippen LogP contribution in [-0.4, -0.2) is 22.1 Å². The molecule has 2 saturated heterocycles. The highest BCUT2D eigenvalue weighted by Crippen LogP contribution is 2.39. The summed E-state index contributed by atoms with van der Waals surface area (Å²) >= 11 is 0. The van der Waals surface area contributed by atoms with Crippen LogP contribution in [0.15, 0.2) is 6.20 Å². The van der Waals surface area contributed by atoms with Gasteiger partial charge in [-0.3, -0.25) is 0 Å². The number of rotatable bonds is 1. The van der Waals surface area contributed by atoms with E-state index in [4.69, 9.17) is 0 Å². The summed E-state index contributed by atoms with van der Waals surface area (Å²) in [6, 6.07) is 0.770. The molecular weight excluding hydrogens is 219 g/mol. The van der Waals surface area contributed by atoms with Crippen molar-refractivity contribution < 1.29 is 13.2 Å². The maximum absolute atomic E-state index is 12.4. The molecule has 3 atom stereocenters. The number of halogens is 3. The van der Waals surface area contributed by atoms with Crippen molar-refractivity contribution in [1.29, 1.82) is 0 Å². The third kappa shape index (κ3) is 1.52. The van der Waals surface area contributed by atoms with Crippen LogP contribution in [0.25, 0.3) is 0 Å². The van der Waals surface area contributed by atoms with Crippen LogP contribution in [0.4, 0.5) is 13.2 Å². The first kappa shape index (κ1) is 10.1. The number of hydrogen-bond donors (Lipinski definition) is 2. The van der Waals surface area contributed by atoms with Crippen molar-refractivity contribution in [3.63, 3.8) is 0 Å². The van der Waals surface area contributed by atoms with Crippen molar-refractivity contribution in [2.24, 2.45) is 0 Å². The number of nitrogens with zero attached hydrogens (tertiary/aromatic N) is 1. The number of aromatic nitrogens is 2. The van der Waals surface area contributed by atoms with E-state index in [1.807, 2.05) is 0 Å². The summed E-state index contributed by atoms with van der Waals surface area (Å²) in [5.41, 5.74) is -0.745. The van der Waals surface area contributed by atoms with Gasteiger partial charge >= 0.3 is 6.18 Å². The highest BCUT2D eigenvalue weighted by Gasteiger charge is 2.42. The number of imidazole rings is 1. The summed E-state index contributed by atoms with van der Waals surface area (Å²) in [6.07, 6.45) is -0.363. The number of aromatic amines is 1. The van der Waals surface area contributed by atoms with Gasteiger partial charge in [0.05, 0.1) is 6.20 Å². The molecule has 0 spiro atoms. The van der Waals surface area contributed by atoms with Crippen LogP contribution in [0.1, 0.15) is 36.7 Å². The maximum Gasteiger partial charge on any atom is 0.432 e. The lowest BCUT2D eigenvalue weighted by Crippen LogP contribution is -2.22. The van der Waals surface area contributed by atoms with E-state index < -0.39 is 11.9 Å². The largest absolute Gasteiger partial charge is 0.432 e. The number of alkyl halides is 3. The Morgan fingerprint density at radius 1 is 1.31 bits per heavy atom. The van der Waals surface area contributed by atoms with Crippen molar-refractivity contribution in [1.82, 2.24) is 15.3 Å². The Balaban J connectivity index is 1.83. The van der Waals surface area contributed by atoms with E-state index in [2.05, 4.69) is 15.3 Å². The van der Waals surface area contributed by atoms with Crippen molar-refractivity contribution in [2.45, 2.75) is 43.4 Å². The lowest BCUT2D eigenvalue weighted by atomic mass is 9.89. The van der Waals surface area contributed by atoms with Crippen LogP contribution in [0.5, 0.6) is 0 Å². The summed E-state index contributed by atoms with van der Waals surface area (Å²) in [5.74, 6) is 0.599. The number of hydrogen-bond acceptors (Lipinski definition) is 2. The van der Waals surface area contributed by atoms with E-state index in [1.165, 1.54) is 0 Å². The summed E-state index contributed by atoms with van der Waals surface area (Å²) in [5, 5.41) is 3.38. The van der Waals surface area contributed by atoms with Gasteiger partial charge in [0, 0.05) is 18.0 Å². The Bertz CT molecular complexity index is 398. The minimum absolute atomic E-state index is 0.120. The first-order chi connectivity index (χ1) is 7.54. The third-order valence-corrected chi connectivity index (χ3v) is 3.55.